The lowest BCUT2D eigenvalue weighted by Crippen LogP contribution is -2.12. The van der Waals surface area contributed by atoms with E-state index in [-0.39, 0.29) is 11.9 Å². The largest absolute Gasteiger partial charge is 0.466 e. The van der Waals surface area contributed by atoms with Gasteiger partial charge in [-0.1, -0.05) is 18.2 Å². The highest BCUT2D eigenvalue weighted by Gasteiger charge is 2.07. The van der Waals surface area contributed by atoms with Gasteiger partial charge in [0.15, 0.2) is 0 Å². The number of esters is 1. The molecule has 2 aromatic rings. The zero-order valence-corrected chi connectivity index (χ0v) is 12.7. The zero-order chi connectivity index (χ0) is 15.8. The minimum Gasteiger partial charge on any atom is -0.466 e. The number of carbonyl (C=O) groups excluding carboxylic acids is 2. The van der Waals surface area contributed by atoms with Crippen molar-refractivity contribution in [3.8, 4) is 0 Å². The number of hydrogen-bond donors (Lipinski definition) is 1. The predicted molar refractivity (Wildman–Crippen MR) is 85.5 cm³/mol. The molecule has 5 heteroatoms. The molecule has 1 aromatic carbocycles. The van der Waals surface area contributed by atoms with E-state index in [0.717, 1.165) is 10.9 Å². The van der Waals surface area contributed by atoms with Crippen molar-refractivity contribution in [2.45, 2.75) is 32.6 Å². The molecule has 0 aliphatic carbocycles. The van der Waals surface area contributed by atoms with Crippen molar-refractivity contribution in [3.63, 3.8) is 0 Å². The molecule has 0 unspecified atom stereocenters. The molecule has 0 spiro atoms. The van der Waals surface area contributed by atoms with Crippen LogP contribution in [0.5, 0.6) is 0 Å². The summed E-state index contributed by atoms with van der Waals surface area (Å²) < 4.78 is 4.85. The fourth-order valence-corrected chi connectivity index (χ4v) is 2.21. The number of amides is 1. The van der Waals surface area contributed by atoms with Crippen LogP contribution in [0.25, 0.3) is 10.9 Å². The average Bonchev–Trinajstić information content (AvgIpc) is 2.52. The first-order valence-electron chi connectivity index (χ1n) is 7.50. The first-order chi connectivity index (χ1) is 10.7. The quantitative estimate of drug-likeness (QED) is 0.629. The fraction of sp³-hybridized carbons (Fsp3) is 0.353. The van der Waals surface area contributed by atoms with E-state index >= 15 is 0 Å². The van der Waals surface area contributed by atoms with Gasteiger partial charge in [-0.25, -0.2) is 0 Å². The summed E-state index contributed by atoms with van der Waals surface area (Å²) in [6.45, 7) is 2.18. The summed E-state index contributed by atoms with van der Waals surface area (Å²) in [5, 5.41) is 3.87. The number of carbonyl (C=O) groups is 2. The number of hydrogen-bond acceptors (Lipinski definition) is 4. The first-order valence-corrected chi connectivity index (χ1v) is 7.50. The molecule has 0 bridgehead atoms. The van der Waals surface area contributed by atoms with Gasteiger partial charge in [-0.05, 0) is 31.9 Å². The lowest BCUT2D eigenvalue weighted by molar-refractivity contribution is -0.143. The lowest BCUT2D eigenvalue weighted by Gasteiger charge is -2.08. The number of unbranched alkanes of at least 4 members (excludes halogenated alkanes) is 1. The first kappa shape index (κ1) is 15.9. The normalized spacial score (nSPS) is 10.4. The Kier molecular flexibility index (Phi) is 5.89. The summed E-state index contributed by atoms with van der Waals surface area (Å²) in [5.41, 5.74) is 1.50. The Morgan fingerprint density at radius 3 is 2.73 bits per heavy atom. The molecule has 0 saturated carbocycles. The molecule has 0 saturated heterocycles. The van der Waals surface area contributed by atoms with E-state index in [1.165, 1.54) is 0 Å². The molecule has 1 heterocycles. The minimum atomic E-state index is -0.207. The van der Waals surface area contributed by atoms with Gasteiger partial charge in [-0.3, -0.25) is 14.6 Å². The second-order valence-corrected chi connectivity index (χ2v) is 4.94. The van der Waals surface area contributed by atoms with Crippen LogP contribution in [0.2, 0.25) is 0 Å². The van der Waals surface area contributed by atoms with Crippen LogP contribution in [0.4, 0.5) is 5.69 Å². The Bertz CT molecular complexity index is 650. The van der Waals surface area contributed by atoms with Crippen molar-refractivity contribution in [1.82, 2.24) is 4.98 Å². The van der Waals surface area contributed by atoms with Gasteiger partial charge in [-0.15, -0.1) is 0 Å². The minimum absolute atomic E-state index is 0.0676. The number of para-hydroxylation sites is 1. The number of fused-ring (bicyclic) bond motifs is 1. The third kappa shape index (κ3) is 4.55. The topological polar surface area (TPSA) is 68.3 Å². The average molecular weight is 300 g/mol. The summed E-state index contributed by atoms with van der Waals surface area (Å²) in [5.74, 6) is -0.275. The van der Waals surface area contributed by atoms with Crippen molar-refractivity contribution in [2.75, 3.05) is 11.9 Å². The molecule has 0 aliphatic rings. The van der Waals surface area contributed by atoms with Crippen LogP contribution in [-0.2, 0) is 14.3 Å². The van der Waals surface area contributed by atoms with E-state index in [0.29, 0.717) is 38.0 Å². The Morgan fingerprint density at radius 2 is 1.91 bits per heavy atom. The number of nitrogens with one attached hydrogen (secondary N) is 1. The van der Waals surface area contributed by atoms with E-state index in [4.69, 9.17) is 4.74 Å². The lowest BCUT2D eigenvalue weighted by atomic mass is 10.1. The number of pyridine rings is 1. The van der Waals surface area contributed by atoms with Crippen molar-refractivity contribution in [1.29, 1.82) is 0 Å². The summed E-state index contributed by atoms with van der Waals surface area (Å²) in [7, 11) is 0. The molecule has 116 valence electrons. The number of nitrogens with zero attached hydrogens (tertiary/aromatic N) is 1. The summed E-state index contributed by atoms with van der Waals surface area (Å²) in [6.07, 6.45) is 3.75. The van der Waals surface area contributed by atoms with Crippen LogP contribution in [0.1, 0.15) is 32.6 Å². The van der Waals surface area contributed by atoms with Gasteiger partial charge in [-0.2, -0.15) is 0 Å². The van der Waals surface area contributed by atoms with Gasteiger partial charge in [0.05, 0.1) is 17.8 Å². The highest BCUT2D eigenvalue weighted by molar-refractivity contribution is 6.00. The predicted octanol–water partition coefficient (Wildman–Crippen LogP) is 3.30. The second-order valence-electron chi connectivity index (χ2n) is 4.94. The molecule has 1 aromatic heterocycles. The molecule has 1 N–H and O–H groups in total. The monoisotopic (exact) mass is 300 g/mol. The van der Waals surface area contributed by atoms with Crippen LogP contribution in [0, 0.1) is 0 Å². The summed E-state index contributed by atoms with van der Waals surface area (Å²) in [6, 6.07) is 9.50. The second kappa shape index (κ2) is 8.12. The zero-order valence-electron chi connectivity index (χ0n) is 12.7. The van der Waals surface area contributed by atoms with E-state index in [1.807, 2.05) is 30.3 Å². The number of anilines is 1. The maximum Gasteiger partial charge on any atom is 0.305 e. The molecule has 1 amide bonds. The smallest absolute Gasteiger partial charge is 0.305 e. The van der Waals surface area contributed by atoms with Crippen LogP contribution in [0.3, 0.4) is 0 Å². The highest BCUT2D eigenvalue weighted by atomic mass is 16.5. The number of rotatable bonds is 7. The molecule has 0 aliphatic heterocycles. The van der Waals surface area contributed by atoms with Gasteiger partial charge >= 0.3 is 5.97 Å². The molecule has 22 heavy (non-hydrogen) atoms. The summed E-state index contributed by atoms with van der Waals surface area (Å²) in [4.78, 5) is 27.5. The highest BCUT2D eigenvalue weighted by Crippen LogP contribution is 2.20. The van der Waals surface area contributed by atoms with Crippen molar-refractivity contribution in [3.05, 3.63) is 36.5 Å². The molecule has 0 atom stereocenters. The third-order valence-electron chi connectivity index (χ3n) is 3.25. The van der Waals surface area contributed by atoms with Crippen molar-refractivity contribution < 1.29 is 14.3 Å². The number of aromatic nitrogens is 1. The standard InChI is InChI=1S/C17H20N2O3/c1-2-22-16(21)11-4-3-10-15(20)19-14-9-5-7-13-8-6-12-18-17(13)14/h5-9,12H,2-4,10-11H2,1H3,(H,19,20). The van der Waals surface area contributed by atoms with Gasteiger partial charge in [0.1, 0.15) is 0 Å². The van der Waals surface area contributed by atoms with Crippen molar-refractivity contribution in [2.24, 2.45) is 0 Å². The Hall–Kier alpha value is -2.43. The Labute approximate surface area is 129 Å². The molecular weight excluding hydrogens is 280 g/mol. The van der Waals surface area contributed by atoms with E-state index in [9.17, 15) is 9.59 Å². The van der Waals surface area contributed by atoms with E-state index in [2.05, 4.69) is 10.3 Å². The molecular formula is C17H20N2O3. The van der Waals surface area contributed by atoms with E-state index < -0.39 is 0 Å². The molecule has 5 nitrogen and oxygen atoms in total. The SMILES string of the molecule is CCOC(=O)CCCCC(=O)Nc1cccc2cccnc12. The maximum atomic E-state index is 12.0. The molecule has 2 rings (SSSR count). The van der Waals surface area contributed by atoms with Crippen LogP contribution < -0.4 is 5.32 Å². The van der Waals surface area contributed by atoms with Crippen LogP contribution >= 0.6 is 0 Å². The van der Waals surface area contributed by atoms with Gasteiger partial charge < -0.3 is 10.1 Å². The van der Waals surface area contributed by atoms with Crippen LogP contribution in [-0.4, -0.2) is 23.5 Å². The molecule has 0 fully saturated rings. The fourth-order valence-electron chi connectivity index (χ4n) is 2.21. The van der Waals surface area contributed by atoms with Crippen LogP contribution in [0.15, 0.2) is 36.5 Å². The summed E-state index contributed by atoms with van der Waals surface area (Å²) >= 11 is 0. The van der Waals surface area contributed by atoms with Gasteiger partial charge in [0.25, 0.3) is 0 Å². The molecule has 0 radical (unpaired) electrons. The maximum absolute atomic E-state index is 12.0. The Balaban J connectivity index is 1.83. The van der Waals surface area contributed by atoms with Gasteiger partial charge in [0, 0.05) is 24.4 Å². The van der Waals surface area contributed by atoms with Crippen molar-refractivity contribution >= 4 is 28.5 Å². The van der Waals surface area contributed by atoms with Gasteiger partial charge in [0.2, 0.25) is 5.91 Å². The Morgan fingerprint density at radius 1 is 1.14 bits per heavy atom. The number of benzene rings is 1. The third-order valence-corrected chi connectivity index (χ3v) is 3.25. The van der Waals surface area contributed by atoms with E-state index in [1.54, 1.807) is 13.1 Å². The number of ether oxygens (including phenoxy) is 1.